The zero-order chi connectivity index (χ0) is 20.1. The summed E-state index contributed by atoms with van der Waals surface area (Å²) >= 11 is 10.0. The first kappa shape index (κ1) is 20.9. The Morgan fingerprint density at radius 2 is 1.86 bits per heavy atom. The van der Waals surface area contributed by atoms with Gasteiger partial charge in [-0.05, 0) is 55.3 Å². The van der Waals surface area contributed by atoms with Gasteiger partial charge in [-0.2, -0.15) is 0 Å². The topological polar surface area (TPSA) is 38.8 Å². The van der Waals surface area contributed by atoms with Crippen molar-refractivity contribution < 1.29 is 14.3 Å². The average molecular weight is 478 g/mol. The number of benzene rings is 2. The standard InChI is InChI=1S/C21H20BrNO3S2/c1-3-23-20(24)19(28-21(23)27)12-15-7-10-17(18(11-15)25-4-2)26-13-14-5-8-16(22)9-6-14/h5-12H,3-4,13H2,1-2H3/b19-12-. The van der Waals surface area contributed by atoms with Gasteiger partial charge in [0, 0.05) is 11.0 Å². The smallest absolute Gasteiger partial charge is 0.266 e. The molecule has 0 bridgehead atoms. The Morgan fingerprint density at radius 3 is 2.50 bits per heavy atom. The van der Waals surface area contributed by atoms with Gasteiger partial charge in [0.1, 0.15) is 10.9 Å². The number of rotatable bonds is 7. The van der Waals surface area contributed by atoms with Crippen molar-refractivity contribution in [1.29, 1.82) is 0 Å². The van der Waals surface area contributed by atoms with Gasteiger partial charge in [-0.25, -0.2) is 0 Å². The number of nitrogens with zero attached hydrogens (tertiary/aromatic N) is 1. The Bertz CT molecular complexity index is 912. The molecule has 0 saturated carbocycles. The molecule has 28 heavy (non-hydrogen) atoms. The molecular formula is C21H20BrNO3S2. The van der Waals surface area contributed by atoms with Crippen LogP contribution in [-0.2, 0) is 11.4 Å². The Kier molecular flexibility index (Phi) is 7.15. The van der Waals surface area contributed by atoms with E-state index in [-0.39, 0.29) is 5.91 Å². The highest BCUT2D eigenvalue weighted by atomic mass is 79.9. The number of hydrogen-bond donors (Lipinski definition) is 0. The summed E-state index contributed by atoms with van der Waals surface area (Å²) in [5.74, 6) is 1.27. The maximum Gasteiger partial charge on any atom is 0.266 e. The Hall–Kier alpha value is -1.83. The van der Waals surface area contributed by atoms with Gasteiger partial charge in [-0.1, -0.05) is 58.1 Å². The number of carbonyl (C=O) groups excluding carboxylic acids is 1. The van der Waals surface area contributed by atoms with E-state index in [4.69, 9.17) is 21.7 Å². The van der Waals surface area contributed by atoms with Crippen LogP contribution in [0, 0.1) is 0 Å². The molecule has 0 unspecified atom stereocenters. The van der Waals surface area contributed by atoms with Crippen LogP contribution in [0.15, 0.2) is 51.8 Å². The molecule has 0 atom stereocenters. The monoisotopic (exact) mass is 477 g/mol. The maximum atomic E-state index is 12.4. The minimum absolute atomic E-state index is 0.0500. The molecule has 1 heterocycles. The highest BCUT2D eigenvalue weighted by molar-refractivity contribution is 9.10. The van der Waals surface area contributed by atoms with Gasteiger partial charge in [0.15, 0.2) is 11.5 Å². The molecule has 1 aliphatic rings. The SMILES string of the molecule is CCOc1cc(/C=C2\SC(=S)N(CC)C2=O)ccc1OCc1ccc(Br)cc1. The lowest BCUT2D eigenvalue weighted by Crippen LogP contribution is -2.27. The molecule has 3 rings (SSSR count). The van der Waals surface area contributed by atoms with Crippen LogP contribution in [0.4, 0.5) is 0 Å². The molecule has 2 aromatic rings. The number of hydrogen-bond acceptors (Lipinski definition) is 5. The first-order chi connectivity index (χ1) is 13.5. The number of amides is 1. The third kappa shape index (κ3) is 4.96. The van der Waals surface area contributed by atoms with Crippen LogP contribution in [0.1, 0.15) is 25.0 Å². The third-order valence-corrected chi connectivity index (χ3v) is 5.97. The first-order valence-electron chi connectivity index (χ1n) is 8.91. The lowest BCUT2D eigenvalue weighted by atomic mass is 10.1. The molecule has 0 aromatic heterocycles. The fourth-order valence-corrected chi connectivity index (χ4v) is 4.32. The van der Waals surface area contributed by atoms with E-state index >= 15 is 0 Å². The second kappa shape index (κ2) is 9.58. The summed E-state index contributed by atoms with van der Waals surface area (Å²) in [4.78, 5) is 14.6. The molecule has 146 valence electrons. The summed E-state index contributed by atoms with van der Waals surface area (Å²) in [6.45, 7) is 5.39. The Labute approximate surface area is 183 Å². The van der Waals surface area contributed by atoms with Crippen LogP contribution in [0.5, 0.6) is 11.5 Å². The molecule has 1 fully saturated rings. The summed E-state index contributed by atoms with van der Waals surface area (Å²) in [5, 5.41) is 0. The lowest BCUT2D eigenvalue weighted by molar-refractivity contribution is -0.121. The Morgan fingerprint density at radius 1 is 1.11 bits per heavy atom. The second-order valence-electron chi connectivity index (χ2n) is 5.98. The predicted molar refractivity (Wildman–Crippen MR) is 122 cm³/mol. The zero-order valence-corrected chi connectivity index (χ0v) is 18.8. The van der Waals surface area contributed by atoms with Gasteiger partial charge in [0.2, 0.25) is 0 Å². The minimum Gasteiger partial charge on any atom is -0.490 e. The summed E-state index contributed by atoms with van der Waals surface area (Å²) < 4.78 is 13.3. The van der Waals surface area contributed by atoms with Crippen molar-refractivity contribution >= 4 is 56.2 Å². The molecule has 1 amide bonds. The van der Waals surface area contributed by atoms with Crippen LogP contribution in [0.3, 0.4) is 0 Å². The van der Waals surface area contributed by atoms with Crippen molar-refractivity contribution in [2.75, 3.05) is 13.2 Å². The van der Waals surface area contributed by atoms with Crippen molar-refractivity contribution in [3.8, 4) is 11.5 Å². The number of halogens is 1. The number of thiocarbonyl (C=S) groups is 1. The largest absolute Gasteiger partial charge is 0.490 e. The summed E-state index contributed by atoms with van der Waals surface area (Å²) in [5.41, 5.74) is 1.94. The van der Waals surface area contributed by atoms with Crippen LogP contribution in [-0.4, -0.2) is 28.3 Å². The van der Waals surface area contributed by atoms with E-state index in [0.29, 0.717) is 40.5 Å². The van der Waals surface area contributed by atoms with E-state index in [9.17, 15) is 4.79 Å². The normalized spacial score (nSPS) is 15.4. The van der Waals surface area contributed by atoms with Crippen molar-refractivity contribution in [2.24, 2.45) is 0 Å². The molecule has 0 aliphatic carbocycles. The van der Waals surface area contributed by atoms with Crippen LogP contribution < -0.4 is 9.47 Å². The highest BCUT2D eigenvalue weighted by Gasteiger charge is 2.30. The quantitative estimate of drug-likeness (QED) is 0.380. The van der Waals surface area contributed by atoms with Gasteiger partial charge in [0.05, 0.1) is 11.5 Å². The average Bonchev–Trinajstić information content (AvgIpc) is 2.95. The number of ether oxygens (including phenoxy) is 2. The van der Waals surface area contributed by atoms with Gasteiger partial charge in [0.25, 0.3) is 5.91 Å². The van der Waals surface area contributed by atoms with E-state index in [1.807, 2.05) is 62.4 Å². The van der Waals surface area contributed by atoms with Crippen LogP contribution in [0.25, 0.3) is 6.08 Å². The highest BCUT2D eigenvalue weighted by Crippen LogP contribution is 2.35. The second-order valence-corrected chi connectivity index (χ2v) is 8.57. The van der Waals surface area contributed by atoms with Crippen molar-refractivity contribution in [3.05, 3.63) is 63.0 Å². The van der Waals surface area contributed by atoms with Gasteiger partial charge < -0.3 is 9.47 Å². The minimum atomic E-state index is -0.0500. The molecule has 0 spiro atoms. The summed E-state index contributed by atoms with van der Waals surface area (Å²) in [7, 11) is 0. The predicted octanol–water partition coefficient (Wildman–Crippen LogP) is 5.65. The fourth-order valence-electron chi connectivity index (χ4n) is 2.67. The molecule has 0 N–H and O–H groups in total. The Balaban J connectivity index is 1.79. The molecule has 0 radical (unpaired) electrons. The van der Waals surface area contributed by atoms with Crippen molar-refractivity contribution in [2.45, 2.75) is 20.5 Å². The molecule has 1 saturated heterocycles. The summed E-state index contributed by atoms with van der Waals surface area (Å²) in [6, 6.07) is 13.7. The van der Waals surface area contributed by atoms with E-state index < -0.39 is 0 Å². The third-order valence-electron chi connectivity index (χ3n) is 4.06. The molecular weight excluding hydrogens is 458 g/mol. The van der Waals surface area contributed by atoms with Crippen LogP contribution in [0.2, 0.25) is 0 Å². The van der Waals surface area contributed by atoms with Gasteiger partial charge in [-0.15, -0.1) is 0 Å². The number of carbonyl (C=O) groups is 1. The van der Waals surface area contributed by atoms with E-state index in [1.165, 1.54) is 11.8 Å². The lowest BCUT2D eigenvalue weighted by Gasteiger charge is -2.13. The van der Waals surface area contributed by atoms with E-state index in [0.717, 1.165) is 15.6 Å². The van der Waals surface area contributed by atoms with Crippen molar-refractivity contribution in [1.82, 2.24) is 4.90 Å². The molecule has 7 heteroatoms. The van der Waals surface area contributed by atoms with Crippen molar-refractivity contribution in [3.63, 3.8) is 0 Å². The molecule has 2 aromatic carbocycles. The van der Waals surface area contributed by atoms with E-state index in [1.54, 1.807) is 4.90 Å². The molecule has 4 nitrogen and oxygen atoms in total. The van der Waals surface area contributed by atoms with Gasteiger partial charge in [-0.3, -0.25) is 9.69 Å². The summed E-state index contributed by atoms with van der Waals surface area (Å²) in [6.07, 6.45) is 1.84. The fraction of sp³-hybridized carbons (Fsp3) is 0.238. The van der Waals surface area contributed by atoms with E-state index in [2.05, 4.69) is 15.9 Å². The maximum absolute atomic E-state index is 12.4. The number of likely N-dealkylation sites (N-methyl/N-ethyl adjacent to an activating group) is 1. The first-order valence-corrected chi connectivity index (χ1v) is 10.9. The molecule has 1 aliphatic heterocycles. The zero-order valence-electron chi connectivity index (χ0n) is 15.6. The number of thioether (sulfide) groups is 1. The van der Waals surface area contributed by atoms with Crippen LogP contribution >= 0.6 is 39.9 Å². The van der Waals surface area contributed by atoms with Gasteiger partial charge >= 0.3 is 0 Å².